The van der Waals surface area contributed by atoms with Crippen molar-refractivity contribution in [1.82, 2.24) is 10.2 Å². The van der Waals surface area contributed by atoms with E-state index in [-0.39, 0.29) is 12.0 Å². The third-order valence-electron chi connectivity index (χ3n) is 3.88. The summed E-state index contributed by atoms with van der Waals surface area (Å²) in [5.41, 5.74) is 0. The first-order chi connectivity index (χ1) is 8.27. The van der Waals surface area contributed by atoms with Gasteiger partial charge in [0.1, 0.15) is 0 Å². The van der Waals surface area contributed by atoms with Crippen molar-refractivity contribution in [2.75, 3.05) is 26.2 Å². The fraction of sp³-hybridized carbons (Fsp3) is 0.923. The molecule has 4 heteroatoms. The molecule has 0 aromatic carbocycles. The minimum absolute atomic E-state index is 0.104. The average molecular weight is 240 g/mol. The summed E-state index contributed by atoms with van der Waals surface area (Å²) in [6.45, 7) is 7.78. The molecule has 0 spiro atoms. The van der Waals surface area contributed by atoms with E-state index in [0.29, 0.717) is 11.9 Å². The van der Waals surface area contributed by atoms with Crippen LogP contribution in [0.4, 0.5) is 0 Å². The molecule has 0 radical (unpaired) electrons. The molecule has 0 aromatic rings. The molecule has 2 aliphatic heterocycles. The summed E-state index contributed by atoms with van der Waals surface area (Å²) in [7, 11) is 0. The lowest BCUT2D eigenvalue weighted by atomic mass is 9.96. The third kappa shape index (κ3) is 2.63. The van der Waals surface area contributed by atoms with Crippen LogP contribution in [0.15, 0.2) is 0 Å². The van der Waals surface area contributed by atoms with Crippen LogP contribution >= 0.6 is 0 Å². The Morgan fingerprint density at radius 2 is 2.18 bits per heavy atom. The Labute approximate surface area is 104 Å². The maximum absolute atomic E-state index is 12.6. The Hall–Kier alpha value is -0.610. The highest BCUT2D eigenvalue weighted by molar-refractivity contribution is 5.80. The predicted molar refractivity (Wildman–Crippen MR) is 66.8 cm³/mol. The van der Waals surface area contributed by atoms with Gasteiger partial charge in [0.2, 0.25) is 5.91 Å². The van der Waals surface area contributed by atoms with Crippen molar-refractivity contribution in [3.05, 3.63) is 0 Å². The van der Waals surface area contributed by atoms with Gasteiger partial charge in [0.05, 0.1) is 18.1 Å². The van der Waals surface area contributed by atoms with Crippen molar-refractivity contribution >= 4 is 5.91 Å². The molecule has 2 heterocycles. The largest absolute Gasteiger partial charge is 0.377 e. The molecular formula is C13H24N2O2. The van der Waals surface area contributed by atoms with E-state index >= 15 is 0 Å². The second-order valence-electron chi connectivity index (χ2n) is 5.06. The van der Waals surface area contributed by atoms with Crippen LogP contribution in [0, 0.1) is 5.92 Å². The Morgan fingerprint density at radius 3 is 2.71 bits per heavy atom. The van der Waals surface area contributed by atoms with Gasteiger partial charge < -0.3 is 15.0 Å². The zero-order valence-electron chi connectivity index (χ0n) is 10.9. The molecule has 98 valence electrons. The number of nitrogens with zero attached hydrogens (tertiary/aromatic N) is 1. The Balaban J connectivity index is 1.99. The average Bonchev–Trinajstić information content (AvgIpc) is 2.73. The molecule has 2 atom stereocenters. The van der Waals surface area contributed by atoms with E-state index in [1.807, 2.05) is 0 Å². The molecule has 0 aliphatic carbocycles. The normalized spacial score (nSPS) is 29.1. The van der Waals surface area contributed by atoms with Crippen molar-refractivity contribution in [2.45, 2.75) is 45.3 Å². The molecule has 1 amide bonds. The quantitative estimate of drug-likeness (QED) is 0.780. The summed E-state index contributed by atoms with van der Waals surface area (Å²) in [4.78, 5) is 14.6. The number of rotatable bonds is 5. The summed E-state index contributed by atoms with van der Waals surface area (Å²) in [5, 5.41) is 3.25. The maximum atomic E-state index is 12.6. The van der Waals surface area contributed by atoms with Gasteiger partial charge in [0, 0.05) is 26.2 Å². The summed E-state index contributed by atoms with van der Waals surface area (Å²) >= 11 is 0. The minimum atomic E-state index is 0.104. The molecular weight excluding hydrogens is 216 g/mol. The molecule has 2 unspecified atom stereocenters. The monoisotopic (exact) mass is 240 g/mol. The smallest absolute Gasteiger partial charge is 0.228 e. The number of ether oxygens (including phenoxy) is 1. The molecule has 2 rings (SSSR count). The molecule has 4 nitrogen and oxygen atoms in total. The number of nitrogens with one attached hydrogen (secondary N) is 1. The molecule has 2 saturated heterocycles. The third-order valence-corrected chi connectivity index (χ3v) is 3.88. The van der Waals surface area contributed by atoms with Crippen LogP contribution in [0.2, 0.25) is 0 Å². The highest BCUT2D eigenvalue weighted by Gasteiger charge is 2.38. The molecule has 0 aromatic heterocycles. The van der Waals surface area contributed by atoms with E-state index in [9.17, 15) is 4.79 Å². The van der Waals surface area contributed by atoms with Gasteiger partial charge in [-0.05, 0) is 19.3 Å². The van der Waals surface area contributed by atoms with Crippen molar-refractivity contribution < 1.29 is 9.53 Å². The van der Waals surface area contributed by atoms with Gasteiger partial charge >= 0.3 is 0 Å². The van der Waals surface area contributed by atoms with Crippen molar-refractivity contribution in [3.63, 3.8) is 0 Å². The number of carbonyl (C=O) groups excluding carboxylic acids is 1. The van der Waals surface area contributed by atoms with E-state index < -0.39 is 0 Å². The van der Waals surface area contributed by atoms with Crippen LogP contribution in [-0.4, -0.2) is 49.2 Å². The fourth-order valence-electron chi connectivity index (χ4n) is 2.75. The summed E-state index contributed by atoms with van der Waals surface area (Å²) < 4.78 is 5.63. The van der Waals surface area contributed by atoms with Crippen LogP contribution in [-0.2, 0) is 9.53 Å². The minimum Gasteiger partial charge on any atom is -0.377 e. The fourth-order valence-corrected chi connectivity index (χ4v) is 2.75. The van der Waals surface area contributed by atoms with E-state index in [0.717, 1.165) is 45.5 Å². The Morgan fingerprint density at radius 1 is 1.41 bits per heavy atom. The maximum Gasteiger partial charge on any atom is 0.228 e. The molecule has 2 aliphatic rings. The van der Waals surface area contributed by atoms with Crippen molar-refractivity contribution in [1.29, 1.82) is 0 Å². The molecule has 2 fully saturated rings. The highest BCUT2D eigenvalue weighted by Crippen LogP contribution is 2.26. The number of hydrogen-bond donors (Lipinski definition) is 1. The van der Waals surface area contributed by atoms with Gasteiger partial charge in [-0.25, -0.2) is 0 Å². The first kappa shape index (κ1) is 12.8. The summed E-state index contributed by atoms with van der Waals surface area (Å²) in [6, 6.07) is 0.417. The zero-order valence-corrected chi connectivity index (χ0v) is 10.9. The number of amides is 1. The topological polar surface area (TPSA) is 41.6 Å². The zero-order chi connectivity index (χ0) is 12.3. The van der Waals surface area contributed by atoms with Gasteiger partial charge in [0.15, 0.2) is 0 Å². The lowest BCUT2D eigenvalue weighted by Crippen LogP contribution is -2.60. The second-order valence-corrected chi connectivity index (χ2v) is 5.06. The van der Waals surface area contributed by atoms with Crippen molar-refractivity contribution in [3.8, 4) is 0 Å². The van der Waals surface area contributed by atoms with Gasteiger partial charge in [-0.1, -0.05) is 13.8 Å². The van der Waals surface area contributed by atoms with Gasteiger partial charge in [-0.15, -0.1) is 0 Å². The van der Waals surface area contributed by atoms with Gasteiger partial charge in [0.25, 0.3) is 0 Å². The van der Waals surface area contributed by atoms with Crippen LogP contribution in [0.25, 0.3) is 0 Å². The molecule has 0 bridgehead atoms. The Kier molecular flexibility index (Phi) is 4.40. The van der Waals surface area contributed by atoms with E-state index in [1.54, 1.807) is 0 Å². The second kappa shape index (κ2) is 5.83. The van der Waals surface area contributed by atoms with E-state index in [1.165, 1.54) is 0 Å². The number of carbonyl (C=O) groups is 1. The molecule has 0 saturated carbocycles. The predicted octanol–water partition coefficient (Wildman–Crippen LogP) is 1.01. The van der Waals surface area contributed by atoms with Crippen LogP contribution in [0.3, 0.4) is 0 Å². The first-order valence-electron chi connectivity index (χ1n) is 6.90. The van der Waals surface area contributed by atoms with E-state index in [2.05, 4.69) is 24.1 Å². The van der Waals surface area contributed by atoms with Crippen molar-refractivity contribution in [2.24, 2.45) is 5.92 Å². The van der Waals surface area contributed by atoms with Crippen LogP contribution in [0.5, 0.6) is 0 Å². The highest BCUT2D eigenvalue weighted by atomic mass is 16.5. The molecule has 1 N–H and O–H groups in total. The lowest BCUT2D eigenvalue weighted by Gasteiger charge is -2.40. The number of hydrogen-bond acceptors (Lipinski definition) is 3. The summed E-state index contributed by atoms with van der Waals surface area (Å²) in [6.07, 6.45) is 3.03. The van der Waals surface area contributed by atoms with Crippen LogP contribution in [0.1, 0.15) is 33.1 Å². The van der Waals surface area contributed by atoms with E-state index in [4.69, 9.17) is 4.74 Å². The first-order valence-corrected chi connectivity index (χ1v) is 6.90. The SMILES string of the molecule is CCCN(C(=O)C1CCOC1CC)C1CNC1. The standard InChI is InChI=1S/C13H24N2O2/c1-3-6-15(10-8-14-9-10)13(16)11-5-7-17-12(11)4-2/h10-12,14H,3-9H2,1-2H3. The van der Waals surface area contributed by atoms with Crippen LogP contribution < -0.4 is 5.32 Å². The Bertz CT molecular complexity index is 266. The lowest BCUT2D eigenvalue weighted by molar-refractivity contribution is -0.140. The van der Waals surface area contributed by atoms with Gasteiger partial charge in [-0.3, -0.25) is 4.79 Å². The molecule has 17 heavy (non-hydrogen) atoms. The van der Waals surface area contributed by atoms with Gasteiger partial charge in [-0.2, -0.15) is 0 Å². The summed E-state index contributed by atoms with van der Waals surface area (Å²) in [5.74, 6) is 0.426.